The van der Waals surface area contributed by atoms with E-state index in [-0.39, 0.29) is 0 Å². The number of aromatic nitrogens is 4. The number of aryl methyl sites for hydroxylation is 1. The summed E-state index contributed by atoms with van der Waals surface area (Å²) in [6.07, 6.45) is 4.56. The monoisotopic (exact) mass is 364 g/mol. The minimum absolute atomic E-state index is 0.639. The van der Waals surface area contributed by atoms with Crippen LogP contribution < -0.4 is 9.64 Å². The fourth-order valence-corrected chi connectivity index (χ4v) is 3.29. The number of hydrogen-bond donors (Lipinski definition) is 0. The molecule has 0 N–H and O–H groups in total. The fraction of sp³-hybridized carbons (Fsp3) is 0.400. The van der Waals surface area contributed by atoms with Gasteiger partial charge in [0, 0.05) is 45.1 Å². The molecule has 1 aliphatic rings. The van der Waals surface area contributed by atoms with Crippen LogP contribution in [0.15, 0.2) is 42.7 Å². The molecule has 1 aromatic carbocycles. The van der Waals surface area contributed by atoms with Crippen LogP contribution in [0, 0.1) is 6.92 Å². The van der Waals surface area contributed by atoms with Gasteiger partial charge in [-0.15, -0.1) is 0 Å². The van der Waals surface area contributed by atoms with Crippen LogP contribution in [-0.2, 0) is 0 Å². The second kappa shape index (κ2) is 8.26. The third kappa shape index (κ3) is 4.31. The predicted octanol–water partition coefficient (Wildman–Crippen LogP) is 2.32. The Bertz CT molecular complexity index is 880. The Morgan fingerprint density at radius 3 is 2.37 bits per heavy atom. The summed E-state index contributed by atoms with van der Waals surface area (Å²) < 4.78 is 5.90. The van der Waals surface area contributed by atoms with Crippen LogP contribution in [-0.4, -0.2) is 64.2 Å². The minimum Gasteiger partial charge on any atom is -0.476 e. The van der Waals surface area contributed by atoms with E-state index in [1.165, 1.54) is 0 Å². The van der Waals surface area contributed by atoms with Crippen molar-refractivity contribution in [3.05, 3.63) is 48.4 Å². The van der Waals surface area contributed by atoms with Crippen molar-refractivity contribution < 1.29 is 4.74 Å². The zero-order valence-electron chi connectivity index (χ0n) is 15.6. The van der Waals surface area contributed by atoms with E-state index in [1.54, 1.807) is 12.4 Å². The molecular weight excluding hydrogens is 340 g/mol. The lowest BCUT2D eigenvalue weighted by Gasteiger charge is -2.34. The SMILES string of the molecule is Cc1nc2ccccc2nc1OCCCN1CCN(c2ncccn2)CC1. The first-order valence-corrected chi connectivity index (χ1v) is 9.40. The molecule has 1 aliphatic heterocycles. The van der Waals surface area contributed by atoms with Crippen molar-refractivity contribution in [3.8, 4) is 5.88 Å². The van der Waals surface area contributed by atoms with Crippen LogP contribution >= 0.6 is 0 Å². The lowest BCUT2D eigenvalue weighted by atomic mass is 10.3. The average molecular weight is 364 g/mol. The van der Waals surface area contributed by atoms with Gasteiger partial charge in [-0.05, 0) is 31.5 Å². The summed E-state index contributed by atoms with van der Waals surface area (Å²) in [6, 6.07) is 9.72. The smallest absolute Gasteiger partial charge is 0.235 e. The number of hydrogen-bond acceptors (Lipinski definition) is 7. The van der Waals surface area contributed by atoms with Gasteiger partial charge in [-0.3, -0.25) is 4.90 Å². The second-order valence-electron chi connectivity index (χ2n) is 6.68. The lowest BCUT2D eigenvalue weighted by Crippen LogP contribution is -2.47. The molecule has 0 saturated carbocycles. The maximum absolute atomic E-state index is 5.90. The first-order chi connectivity index (χ1) is 13.3. The number of fused-ring (bicyclic) bond motifs is 1. The normalized spacial score (nSPS) is 15.2. The number of ether oxygens (including phenoxy) is 1. The summed E-state index contributed by atoms with van der Waals surface area (Å²) in [5, 5.41) is 0. The van der Waals surface area contributed by atoms with E-state index in [2.05, 4.69) is 29.7 Å². The molecule has 0 unspecified atom stereocenters. The van der Waals surface area contributed by atoms with Crippen molar-refractivity contribution in [2.24, 2.45) is 0 Å². The third-order valence-electron chi connectivity index (χ3n) is 4.77. The van der Waals surface area contributed by atoms with Crippen molar-refractivity contribution in [2.75, 3.05) is 44.2 Å². The maximum atomic E-state index is 5.90. The fourth-order valence-electron chi connectivity index (χ4n) is 3.29. The highest BCUT2D eigenvalue weighted by Crippen LogP contribution is 2.18. The molecule has 2 aromatic heterocycles. The number of nitrogens with zero attached hydrogens (tertiary/aromatic N) is 6. The van der Waals surface area contributed by atoms with E-state index in [4.69, 9.17) is 4.74 Å². The number of para-hydroxylation sites is 2. The molecular formula is C20H24N6O. The molecule has 7 heteroatoms. The Kier molecular flexibility index (Phi) is 5.39. The molecule has 27 heavy (non-hydrogen) atoms. The lowest BCUT2D eigenvalue weighted by molar-refractivity contribution is 0.220. The molecule has 7 nitrogen and oxygen atoms in total. The second-order valence-corrected chi connectivity index (χ2v) is 6.68. The summed E-state index contributed by atoms with van der Waals surface area (Å²) in [5.41, 5.74) is 2.62. The van der Waals surface area contributed by atoms with E-state index in [0.717, 1.165) is 61.8 Å². The Balaban J connectivity index is 1.23. The Hall–Kier alpha value is -2.80. The summed E-state index contributed by atoms with van der Waals surface area (Å²) >= 11 is 0. The third-order valence-corrected chi connectivity index (χ3v) is 4.77. The quantitative estimate of drug-likeness (QED) is 0.622. The zero-order valence-corrected chi connectivity index (χ0v) is 15.6. The number of piperazine rings is 1. The molecule has 1 fully saturated rings. The number of rotatable bonds is 6. The Morgan fingerprint density at radius 2 is 1.63 bits per heavy atom. The average Bonchev–Trinajstić information content (AvgIpc) is 2.72. The Labute approximate surface area is 159 Å². The van der Waals surface area contributed by atoms with Gasteiger partial charge >= 0.3 is 0 Å². The molecule has 3 heterocycles. The van der Waals surface area contributed by atoms with Gasteiger partial charge in [0.05, 0.1) is 17.6 Å². The van der Waals surface area contributed by atoms with Crippen LogP contribution in [0.2, 0.25) is 0 Å². The summed E-state index contributed by atoms with van der Waals surface area (Å²) in [5.74, 6) is 1.46. The molecule has 1 saturated heterocycles. The zero-order chi connectivity index (χ0) is 18.5. The van der Waals surface area contributed by atoms with Gasteiger partial charge in [0.15, 0.2) is 0 Å². The van der Waals surface area contributed by atoms with Crippen molar-refractivity contribution in [2.45, 2.75) is 13.3 Å². The predicted molar refractivity (Wildman–Crippen MR) is 105 cm³/mol. The van der Waals surface area contributed by atoms with Gasteiger partial charge in [-0.1, -0.05) is 12.1 Å². The van der Waals surface area contributed by atoms with Gasteiger partial charge in [0.1, 0.15) is 5.69 Å². The van der Waals surface area contributed by atoms with Crippen LogP contribution in [0.25, 0.3) is 11.0 Å². The summed E-state index contributed by atoms with van der Waals surface area (Å²) in [7, 11) is 0. The van der Waals surface area contributed by atoms with Crippen LogP contribution in [0.5, 0.6) is 5.88 Å². The standard InChI is InChI=1S/C20H24N6O/c1-16-19(24-18-7-3-2-6-17(18)23-16)27-15-5-10-25-11-13-26(14-12-25)20-21-8-4-9-22-20/h2-4,6-9H,5,10-15H2,1H3. The minimum atomic E-state index is 0.639. The molecule has 0 aliphatic carbocycles. The van der Waals surface area contributed by atoms with Crippen molar-refractivity contribution in [1.82, 2.24) is 24.8 Å². The van der Waals surface area contributed by atoms with Gasteiger partial charge in [-0.25, -0.2) is 19.9 Å². The van der Waals surface area contributed by atoms with Crippen LogP contribution in [0.4, 0.5) is 5.95 Å². The first-order valence-electron chi connectivity index (χ1n) is 9.40. The number of benzene rings is 1. The molecule has 140 valence electrons. The van der Waals surface area contributed by atoms with Crippen molar-refractivity contribution >= 4 is 17.0 Å². The van der Waals surface area contributed by atoms with E-state index in [0.29, 0.717) is 12.5 Å². The highest BCUT2D eigenvalue weighted by molar-refractivity contribution is 5.74. The highest BCUT2D eigenvalue weighted by Gasteiger charge is 2.18. The number of anilines is 1. The first kappa shape index (κ1) is 17.6. The summed E-state index contributed by atoms with van der Waals surface area (Å²) in [6.45, 7) is 7.57. The topological polar surface area (TPSA) is 67.3 Å². The highest BCUT2D eigenvalue weighted by atomic mass is 16.5. The van der Waals surface area contributed by atoms with Crippen molar-refractivity contribution in [3.63, 3.8) is 0 Å². The van der Waals surface area contributed by atoms with Crippen LogP contribution in [0.1, 0.15) is 12.1 Å². The van der Waals surface area contributed by atoms with Gasteiger partial charge in [-0.2, -0.15) is 0 Å². The van der Waals surface area contributed by atoms with E-state index in [1.807, 2.05) is 37.3 Å². The van der Waals surface area contributed by atoms with Crippen molar-refractivity contribution in [1.29, 1.82) is 0 Å². The van der Waals surface area contributed by atoms with E-state index >= 15 is 0 Å². The molecule has 0 radical (unpaired) electrons. The van der Waals surface area contributed by atoms with Gasteiger partial charge < -0.3 is 9.64 Å². The molecule has 0 spiro atoms. The molecule has 0 amide bonds. The molecule has 3 aromatic rings. The van der Waals surface area contributed by atoms with Crippen LogP contribution in [0.3, 0.4) is 0 Å². The molecule has 4 rings (SSSR count). The van der Waals surface area contributed by atoms with Gasteiger partial charge in [0.25, 0.3) is 0 Å². The molecule has 0 atom stereocenters. The maximum Gasteiger partial charge on any atom is 0.235 e. The summed E-state index contributed by atoms with van der Waals surface area (Å²) in [4.78, 5) is 22.5. The van der Waals surface area contributed by atoms with E-state index in [9.17, 15) is 0 Å². The Morgan fingerprint density at radius 1 is 0.926 bits per heavy atom. The largest absolute Gasteiger partial charge is 0.476 e. The van der Waals surface area contributed by atoms with Gasteiger partial charge in [0.2, 0.25) is 11.8 Å². The van der Waals surface area contributed by atoms with E-state index < -0.39 is 0 Å². The molecule has 0 bridgehead atoms.